The number of aryl methyl sites for hydroxylation is 1. The molecule has 1 N–H and O–H groups in total. The Morgan fingerprint density at radius 2 is 1.97 bits per heavy atom. The van der Waals surface area contributed by atoms with Crippen molar-refractivity contribution in [1.82, 2.24) is 19.5 Å². The molecule has 7 nitrogen and oxygen atoms in total. The Labute approximate surface area is 228 Å². The lowest BCUT2D eigenvalue weighted by atomic mass is 10.0. The molecule has 2 aliphatic heterocycles. The number of allylic oxidation sites excluding steroid dienone is 1. The van der Waals surface area contributed by atoms with Gasteiger partial charge in [0.2, 0.25) is 5.95 Å². The van der Waals surface area contributed by atoms with E-state index in [1.54, 1.807) is 25.4 Å². The minimum absolute atomic E-state index is 0.195. The molecule has 39 heavy (non-hydrogen) atoms. The maximum absolute atomic E-state index is 13.8. The number of nitrogens with zero attached hydrogens (tertiary/aromatic N) is 5. The number of ether oxygens (including phenoxy) is 1. The fraction of sp³-hybridized carbons (Fsp3) is 0.323. The molecule has 0 aliphatic carbocycles. The number of anilines is 2. The minimum Gasteiger partial charge on any atom is -0.497 e. The number of methoxy groups -OCH3 is 1. The van der Waals surface area contributed by atoms with E-state index in [9.17, 15) is 4.39 Å². The highest BCUT2D eigenvalue weighted by Gasteiger charge is 2.32. The van der Waals surface area contributed by atoms with Gasteiger partial charge in [-0.3, -0.25) is 0 Å². The number of fused-ring (bicyclic) bond motifs is 2. The molecule has 0 saturated heterocycles. The van der Waals surface area contributed by atoms with Gasteiger partial charge in [0.05, 0.1) is 30.2 Å². The van der Waals surface area contributed by atoms with Gasteiger partial charge < -0.3 is 19.5 Å². The van der Waals surface area contributed by atoms with Crippen LogP contribution in [0.4, 0.5) is 16.0 Å². The lowest BCUT2D eigenvalue weighted by Gasteiger charge is -2.30. The highest BCUT2D eigenvalue weighted by Crippen LogP contribution is 2.41. The van der Waals surface area contributed by atoms with Gasteiger partial charge in [-0.05, 0) is 73.4 Å². The maximum atomic E-state index is 13.8. The third-order valence-corrected chi connectivity index (χ3v) is 7.51. The van der Waals surface area contributed by atoms with Crippen molar-refractivity contribution in [2.24, 2.45) is 0 Å². The molecular weight excluding hydrogens is 491 g/mol. The van der Waals surface area contributed by atoms with Gasteiger partial charge in [0.25, 0.3) is 0 Å². The van der Waals surface area contributed by atoms with Crippen molar-refractivity contribution in [3.05, 3.63) is 84.2 Å². The molecule has 6 rings (SSSR count). The Kier molecular flexibility index (Phi) is 7.00. The summed E-state index contributed by atoms with van der Waals surface area (Å²) in [6.45, 7) is 3.79. The van der Waals surface area contributed by atoms with E-state index in [0.29, 0.717) is 5.95 Å². The van der Waals surface area contributed by atoms with Crippen molar-refractivity contribution in [2.45, 2.75) is 45.1 Å². The molecule has 0 fully saturated rings. The highest BCUT2D eigenvalue weighted by atomic mass is 19.1. The van der Waals surface area contributed by atoms with Crippen molar-refractivity contribution in [3.63, 3.8) is 0 Å². The summed E-state index contributed by atoms with van der Waals surface area (Å²) >= 11 is 0. The molecular formula is C31H33FN6O. The second kappa shape index (κ2) is 10.9. The Morgan fingerprint density at radius 1 is 1.10 bits per heavy atom. The molecule has 4 aromatic rings. The van der Waals surface area contributed by atoms with Gasteiger partial charge in [0.1, 0.15) is 17.4 Å². The average molecular weight is 525 g/mol. The first kappa shape index (κ1) is 25.1. The first-order valence-corrected chi connectivity index (χ1v) is 13.7. The fourth-order valence-electron chi connectivity index (χ4n) is 5.56. The molecule has 200 valence electrons. The van der Waals surface area contributed by atoms with Crippen LogP contribution in [-0.4, -0.2) is 39.7 Å². The van der Waals surface area contributed by atoms with Crippen LogP contribution in [-0.2, 0) is 12.8 Å². The summed E-state index contributed by atoms with van der Waals surface area (Å²) in [7, 11) is 1.70. The highest BCUT2D eigenvalue weighted by molar-refractivity contribution is 5.78. The summed E-state index contributed by atoms with van der Waals surface area (Å²) in [6.07, 6.45) is 11.1. The summed E-state index contributed by atoms with van der Waals surface area (Å²) < 4.78 is 21.6. The first-order chi connectivity index (χ1) is 19.1. The van der Waals surface area contributed by atoms with Crippen molar-refractivity contribution in [2.75, 3.05) is 30.4 Å². The number of rotatable bonds is 9. The van der Waals surface area contributed by atoms with E-state index in [0.717, 1.165) is 79.4 Å². The van der Waals surface area contributed by atoms with Crippen molar-refractivity contribution in [1.29, 1.82) is 0 Å². The lowest BCUT2D eigenvalue weighted by Crippen LogP contribution is -2.28. The molecule has 2 aromatic carbocycles. The zero-order valence-electron chi connectivity index (χ0n) is 22.4. The number of hydrogen-bond acceptors (Lipinski definition) is 6. The van der Waals surface area contributed by atoms with Gasteiger partial charge in [0, 0.05) is 43.2 Å². The molecule has 0 spiro atoms. The van der Waals surface area contributed by atoms with E-state index in [2.05, 4.69) is 51.1 Å². The van der Waals surface area contributed by atoms with Crippen LogP contribution in [0, 0.1) is 5.82 Å². The predicted molar refractivity (Wildman–Crippen MR) is 153 cm³/mol. The van der Waals surface area contributed by atoms with Gasteiger partial charge in [-0.15, -0.1) is 0 Å². The molecule has 8 heteroatoms. The zero-order valence-corrected chi connectivity index (χ0v) is 22.4. The quantitative estimate of drug-likeness (QED) is 0.255. The lowest BCUT2D eigenvalue weighted by molar-refractivity contribution is 0.414. The summed E-state index contributed by atoms with van der Waals surface area (Å²) in [5.41, 5.74) is 5.93. The number of imidazole rings is 1. The van der Waals surface area contributed by atoms with Crippen LogP contribution in [0.2, 0.25) is 0 Å². The van der Waals surface area contributed by atoms with E-state index in [1.165, 1.54) is 23.4 Å². The van der Waals surface area contributed by atoms with Crippen LogP contribution in [0.1, 0.15) is 43.6 Å². The summed E-state index contributed by atoms with van der Waals surface area (Å²) in [5, 5.41) is 3.35. The Hall–Kier alpha value is -4.20. The predicted octanol–water partition coefficient (Wildman–Crippen LogP) is 6.43. The van der Waals surface area contributed by atoms with E-state index < -0.39 is 0 Å². The summed E-state index contributed by atoms with van der Waals surface area (Å²) in [4.78, 5) is 16.8. The van der Waals surface area contributed by atoms with Crippen molar-refractivity contribution in [3.8, 4) is 28.4 Å². The van der Waals surface area contributed by atoms with E-state index in [1.807, 2.05) is 12.1 Å². The Balaban J connectivity index is 1.40. The van der Waals surface area contributed by atoms with Crippen LogP contribution >= 0.6 is 0 Å². The van der Waals surface area contributed by atoms with Crippen molar-refractivity contribution < 1.29 is 9.13 Å². The van der Waals surface area contributed by atoms with Crippen LogP contribution in [0.3, 0.4) is 0 Å². The minimum atomic E-state index is -0.262. The zero-order chi connectivity index (χ0) is 26.8. The molecule has 0 saturated carbocycles. The topological polar surface area (TPSA) is 68.1 Å². The molecule has 2 aromatic heterocycles. The average Bonchev–Trinajstić information content (AvgIpc) is 3.53. The molecule has 1 atom stereocenters. The summed E-state index contributed by atoms with van der Waals surface area (Å²) in [6, 6.07) is 15.0. The normalized spacial score (nSPS) is 15.8. The second-order valence-corrected chi connectivity index (χ2v) is 10.1. The maximum Gasteiger partial charge on any atom is 0.223 e. The van der Waals surface area contributed by atoms with Crippen LogP contribution < -0.4 is 15.0 Å². The van der Waals surface area contributed by atoms with Crippen molar-refractivity contribution >= 4 is 11.6 Å². The number of nitrogens with one attached hydrogen (secondary N) is 1. The van der Waals surface area contributed by atoms with E-state index in [4.69, 9.17) is 14.7 Å². The van der Waals surface area contributed by atoms with Gasteiger partial charge in [-0.25, -0.2) is 19.3 Å². The third-order valence-electron chi connectivity index (χ3n) is 7.51. The molecule has 2 aliphatic rings. The van der Waals surface area contributed by atoms with Gasteiger partial charge in [-0.1, -0.05) is 19.4 Å². The Bertz CT molecular complexity index is 1500. The smallest absolute Gasteiger partial charge is 0.223 e. The van der Waals surface area contributed by atoms with E-state index >= 15 is 0 Å². The van der Waals surface area contributed by atoms with Crippen LogP contribution in [0.25, 0.3) is 22.6 Å². The fourth-order valence-corrected chi connectivity index (χ4v) is 5.56. The van der Waals surface area contributed by atoms with Crippen LogP contribution in [0.5, 0.6) is 5.75 Å². The number of unbranched alkanes of at least 4 members (excludes halogenated alkanes) is 1. The molecule has 4 heterocycles. The van der Waals surface area contributed by atoms with Gasteiger partial charge in [-0.2, -0.15) is 0 Å². The molecule has 0 amide bonds. The molecule has 0 bridgehead atoms. The molecule has 0 radical (unpaired) electrons. The number of hydrogen-bond donors (Lipinski definition) is 1. The number of benzene rings is 2. The third kappa shape index (κ3) is 4.99. The standard InChI is InChI=1S/C31H33FN6O/c1-3-4-16-33-31-34-17-15-26(35-31)30-29(21-7-9-23(32)10-8-21)36-28-14-11-24(38(28)30)20-37-18-5-6-22-19-25(39-2)12-13-27(22)37/h5,7-10,12-13,15,17-19,24H,3-4,6,11,14,16,20H2,1-2H3,(H,33,34,35). The van der Waals surface area contributed by atoms with Crippen LogP contribution in [0.15, 0.2) is 67.0 Å². The first-order valence-electron chi connectivity index (χ1n) is 13.7. The number of halogens is 1. The summed E-state index contributed by atoms with van der Waals surface area (Å²) in [5.74, 6) is 2.25. The van der Waals surface area contributed by atoms with E-state index in [-0.39, 0.29) is 11.9 Å². The number of aromatic nitrogens is 4. The van der Waals surface area contributed by atoms with Gasteiger partial charge >= 0.3 is 0 Å². The molecule has 1 unspecified atom stereocenters. The Morgan fingerprint density at radius 3 is 2.79 bits per heavy atom. The monoisotopic (exact) mass is 524 g/mol. The second-order valence-electron chi connectivity index (χ2n) is 10.1. The largest absolute Gasteiger partial charge is 0.497 e. The van der Waals surface area contributed by atoms with Gasteiger partial charge in [0.15, 0.2) is 0 Å². The SMILES string of the molecule is CCCCNc1nccc(-c2c(-c3ccc(F)cc3)nc3n2C(CN2C=CCc4cc(OC)ccc42)CC3)n1.